The minimum Gasteiger partial charge on any atom is -0.383 e. The Balaban J connectivity index is 2.75. The van der Waals surface area contributed by atoms with Crippen LogP contribution in [-0.4, -0.2) is 20.3 Å². The van der Waals surface area contributed by atoms with Crippen molar-refractivity contribution >= 4 is 17.3 Å². The van der Waals surface area contributed by atoms with Crippen molar-refractivity contribution in [3.05, 3.63) is 28.3 Å². The summed E-state index contributed by atoms with van der Waals surface area (Å²) in [7, 11) is 1.69. The maximum absolute atomic E-state index is 6.11. The predicted molar refractivity (Wildman–Crippen MR) is 61.3 cm³/mol. The van der Waals surface area contributed by atoms with Gasteiger partial charge in [-0.15, -0.1) is 0 Å². The van der Waals surface area contributed by atoms with Gasteiger partial charge >= 0.3 is 0 Å². The highest BCUT2D eigenvalue weighted by molar-refractivity contribution is 6.33. The molecule has 0 bridgehead atoms. The topological polar surface area (TPSA) is 21.3 Å². The number of ether oxygens (including phenoxy) is 1. The Morgan fingerprint density at radius 2 is 2.07 bits per heavy atom. The Morgan fingerprint density at radius 1 is 1.36 bits per heavy atom. The molecular weight excluding hydrogens is 198 g/mol. The smallest absolute Gasteiger partial charge is 0.0642 e. The van der Waals surface area contributed by atoms with E-state index in [0.717, 1.165) is 17.3 Å². The third-order valence-electron chi connectivity index (χ3n) is 2.04. The molecule has 0 aliphatic rings. The molecule has 0 amide bonds. The number of nitrogens with one attached hydrogen (secondary N) is 1. The van der Waals surface area contributed by atoms with Crippen LogP contribution in [0.5, 0.6) is 0 Å². The average Bonchev–Trinajstić information content (AvgIpc) is 2.09. The highest BCUT2D eigenvalue weighted by Gasteiger charge is 2.03. The molecule has 0 fully saturated rings. The van der Waals surface area contributed by atoms with Crippen molar-refractivity contribution in [1.82, 2.24) is 0 Å². The normalized spacial score (nSPS) is 10.3. The number of hydrogen-bond donors (Lipinski definition) is 1. The molecule has 3 heteroatoms. The molecule has 1 rings (SSSR count). The summed E-state index contributed by atoms with van der Waals surface area (Å²) in [6.07, 6.45) is 0. The molecule has 0 unspecified atom stereocenters. The molecule has 0 spiro atoms. The third-order valence-corrected chi connectivity index (χ3v) is 2.34. The summed E-state index contributed by atoms with van der Waals surface area (Å²) >= 11 is 6.11. The first-order chi connectivity index (χ1) is 6.65. The highest BCUT2D eigenvalue weighted by atomic mass is 35.5. The van der Waals surface area contributed by atoms with Gasteiger partial charge in [0.2, 0.25) is 0 Å². The van der Waals surface area contributed by atoms with Gasteiger partial charge in [-0.2, -0.15) is 0 Å². The standard InChI is InChI=1S/C11H16ClNO/c1-8-6-9(2)11(10(12)7-8)13-4-5-14-3/h6-7,13H,4-5H2,1-3H3. The molecule has 0 atom stereocenters. The highest BCUT2D eigenvalue weighted by Crippen LogP contribution is 2.26. The fourth-order valence-corrected chi connectivity index (χ4v) is 1.81. The first-order valence-electron chi connectivity index (χ1n) is 4.64. The Bertz CT molecular complexity index is 289. The fraction of sp³-hybridized carbons (Fsp3) is 0.455. The van der Waals surface area contributed by atoms with Crippen LogP contribution < -0.4 is 5.32 Å². The van der Waals surface area contributed by atoms with E-state index in [1.54, 1.807) is 7.11 Å². The average molecular weight is 214 g/mol. The van der Waals surface area contributed by atoms with Crippen molar-refractivity contribution < 1.29 is 4.74 Å². The van der Waals surface area contributed by atoms with Gasteiger partial charge in [-0.25, -0.2) is 0 Å². The van der Waals surface area contributed by atoms with E-state index >= 15 is 0 Å². The van der Waals surface area contributed by atoms with Gasteiger partial charge in [0.1, 0.15) is 0 Å². The second-order valence-corrected chi connectivity index (χ2v) is 3.77. The third kappa shape index (κ3) is 2.89. The molecule has 0 heterocycles. The molecule has 0 saturated heterocycles. The van der Waals surface area contributed by atoms with Gasteiger partial charge in [0.15, 0.2) is 0 Å². The van der Waals surface area contributed by atoms with Crippen molar-refractivity contribution in [2.75, 3.05) is 25.6 Å². The second kappa shape index (κ2) is 5.23. The van der Waals surface area contributed by atoms with E-state index in [1.807, 2.05) is 19.9 Å². The Hall–Kier alpha value is -0.730. The van der Waals surface area contributed by atoms with Gasteiger partial charge < -0.3 is 10.1 Å². The van der Waals surface area contributed by atoms with Crippen molar-refractivity contribution in [2.24, 2.45) is 0 Å². The van der Waals surface area contributed by atoms with Gasteiger partial charge in [0.25, 0.3) is 0 Å². The first kappa shape index (κ1) is 11.3. The lowest BCUT2D eigenvalue weighted by Gasteiger charge is -2.11. The molecule has 2 nitrogen and oxygen atoms in total. The van der Waals surface area contributed by atoms with Gasteiger partial charge in [-0.1, -0.05) is 17.7 Å². The molecule has 1 aromatic rings. The Morgan fingerprint density at radius 3 is 2.64 bits per heavy atom. The van der Waals surface area contributed by atoms with Gasteiger partial charge in [-0.3, -0.25) is 0 Å². The van der Waals surface area contributed by atoms with Crippen molar-refractivity contribution in [2.45, 2.75) is 13.8 Å². The predicted octanol–water partition coefficient (Wildman–Crippen LogP) is 3.02. The van der Waals surface area contributed by atoms with Gasteiger partial charge in [0, 0.05) is 13.7 Å². The quantitative estimate of drug-likeness (QED) is 0.777. The van der Waals surface area contributed by atoms with E-state index in [-0.39, 0.29) is 0 Å². The number of anilines is 1. The molecular formula is C11H16ClNO. The summed E-state index contributed by atoms with van der Waals surface area (Å²) in [5, 5.41) is 4.03. The van der Waals surface area contributed by atoms with Crippen LogP contribution in [-0.2, 0) is 4.74 Å². The molecule has 14 heavy (non-hydrogen) atoms. The zero-order valence-corrected chi connectivity index (χ0v) is 9.61. The molecule has 0 aliphatic carbocycles. The summed E-state index contributed by atoms with van der Waals surface area (Å²) in [4.78, 5) is 0. The van der Waals surface area contributed by atoms with Crippen LogP contribution in [0.4, 0.5) is 5.69 Å². The molecule has 78 valence electrons. The number of aryl methyl sites for hydroxylation is 2. The van der Waals surface area contributed by atoms with E-state index in [2.05, 4.69) is 11.4 Å². The minimum atomic E-state index is 0.684. The summed E-state index contributed by atoms with van der Waals surface area (Å²) in [6.45, 7) is 5.55. The van der Waals surface area contributed by atoms with Gasteiger partial charge in [-0.05, 0) is 31.0 Å². The fourth-order valence-electron chi connectivity index (χ4n) is 1.42. The SMILES string of the molecule is COCCNc1c(C)cc(C)cc1Cl. The van der Waals surface area contributed by atoms with E-state index in [0.29, 0.717) is 6.61 Å². The van der Waals surface area contributed by atoms with Crippen LogP contribution in [0.3, 0.4) is 0 Å². The second-order valence-electron chi connectivity index (χ2n) is 3.36. The number of hydrogen-bond acceptors (Lipinski definition) is 2. The van der Waals surface area contributed by atoms with Crippen LogP contribution in [0, 0.1) is 13.8 Å². The van der Waals surface area contributed by atoms with Crippen molar-refractivity contribution in [3.63, 3.8) is 0 Å². The van der Waals surface area contributed by atoms with Crippen LogP contribution >= 0.6 is 11.6 Å². The molecule has 1 N–H and O–H groups in total. The van der Waals surface area contributed by atoms with Crippen LogP contribution in [0.25, 0.3) is 0 Å². The minimum absolute atomic E-state index is 0.684. The van der Waals surface area contributed by atoms with E-state index in [9.17, 15) is 0 Å². The number of benzene rings is 1. The van der Waals surface area contributed by atoms with Gasteiger partial charge in [0.05, 0.1) is 17.3 Å². The lowest BCUT2D eigenvalue weighted by molar-refractivity contribution is 0.211. The lowest BCUT2D eigenvalue weighted by Crippen LogP contribution is -2.09. The molecule has 0 saturated carbocycles. The lowest BCUT2D eigenvalue weighted by atomic mass is 10.1. The van der Waals surface area contributed by atoms with Crippen LogP contribution in [0.1, 0.15) is 11.1 Å². The van der Waals surface area contributed by atoms with Crippen molar-refractivity contribution in [3.8, 4) is 0 Å². The van der Waals surface area contributed by atoms with E-state index in [4.69, 9.17) is 16.3 Å². The number of methoxy groups -OCH3 is 1. The Kier molecular flexibility index (Phi) is 4.23. The molecule has 0 aliphatic heterocycles. The maximum Gasteiger partial charge on any atom is 0.0642 e. The molecule has 0 aromatic heterocycles. The maximum atomic E-state index is 6.11. The largest absolute Gasteiger partial charge is 0.383 e. The Labute approximate surface area is 90.2 Å². The summed E-state index contributed by atoms with van der Waals surface area (Å²) < 4.78 is 4.96. The molecule has 1 aromatic carbocycles. The van der Waals surface area contributed by atoms with Crippen LogP contribution in [0.2, 0.25) is 5.02 Å². The zero-order chi connectivity index (χ0) is 10.6. The van der Waals surface area contributed by atoms with Crippen molar-refractivity contribution in [1.29, 1.82) is 0 Å². The monoisotopic (exact) mass is 213 g/mol. The summed E-state index contributed by atoms with van der Waals surface area (Å²) in [6, 6.07) is 4.07. The molecule has 0 radical (unpaired) electrons. The zero-order valence-electron chi connectivity index (χ0n) is 8.86. The number of halogens is 1. The van der Waals surface area contributed by atoms with Crippen LogP contribution in [0.15, 0.2) is 12.1 Å². The number of rotatable bonds is 4. The summed E-state index contributed by atoms with van der Waals surface area (Å²) in [5.74, 6) is 0. The first-order valence-corrected chi connectivity index (χ1v) is 5.02. The van der Waals surface area contributed by atoms with E-state index < -0.39 is 0 Å². The van der Waals surface area contributed by atoms with E-state index in [1.165, 1.54) is 11.1 Å². The summed E-state index contributed by atoms with van der Waals surface area (Å²) in [5.41, 5.74) is 3.37.